The number of benzene rings is 1. The number of thiophene rings is 1. The highest BCUT2D eigenvalue weighted by molar-refractivity contribution is 9.10. The molecule has 2 N–H and O–H groups in total. The van der Waals surface area contributed by atoms with E-state index in [0.29, 0.717) is 17.0 Å². The van der Waals surface area contributed by atoms with E-state index in [2.05, 4.69) is 15.9 Å². The average Bonchev–Trinajstić information content (AvgIpc) is 2.63. The summed E-state index contributed by atoms with van der Waals surface area (Å²) in [5.41, 5.74) is 6.61. The molecule has 0 aliphatic carbocycles. The van der Waals surface area contributed by atoms with Crippen LogP contribution in [0.4, 0.5) is 4.39 Å². The van der Waals surface area contributed by atoms with Gasteiger partial charge in [-0.3, -0.25) is 0 Å². The van der Waals surface area contributed by atoms with Gasteiger partial charge in [-0.1, -0.05) is 17.7 Å². The third-order valence-electron chi connectivity index (χ3n) is 2.66. The Labute approximate surface area is 123 Å². The largest absolute Gasteiger partial charge is 0.323 e. The van der Waals surface area contributed by atoms with E-state index in [1.807, 2.05) is 13.0 Å². The molecule has 0 amide bonds. The molecule has 2 aromatic rings. The van der Waals surface area contributed by atoms with Gasteiger partial charge in [0.15, 0.2) is 0 Å². The molecular weight excluding hydrogens is 337 g/mol. The van der Waals surface area contributed by atoms with Gasteiger partial charge in [-0.05, 0) is 47.5 Å². The first kappa shape index (κ1) is 14.0. The fourth-order valence-electron chi connectivity index (χ4n) is 1.79. The van der Waals surface area contributed by atoms with Gasteiger partial charge in [0.05, 0.1) is 0 Å². The third kappa shape index (κ3) is 2.94. The zero-order chi connectivity index (χ0) is 13.3. The predicted octanol–water partition coefficient (Wildman–Crippen LogP) is 4.85. The third-order valence-corrected chi connectivity index (χ3v) is 5.11. The maximum Gasteiger partial charge on any atom is 0.127 e. The molecule has 18 heavy (non-hydrogen) atoms. The van der Waals surface area contributed by atoms with Gasteiger partial charge in [0.25, 0.3) is 0 Å². The summed E-state index contributed by atoms with van der Waals surface area (Å²) in [7, 11) is 0. The quantitative estimate of drug-likeness (QED) is 0.842. The molecule has 0 radical (unpaired) electrons. The van der Waals surface area contributed by atoms with Crippen LogP contribution in [0.25, 0.3) is 0 Å². The molecule has 1 heterocycles. The van der Waals surface area contributed by atoms with Crippen LogP contribution in [-0.2, 0) is 6.42 Å². The van der Waals surface area contributed by atoms with E-state index < -0.39 is 0 Å². The summed E-state index contributed by atoms with van der Waals surface area (Å²) in [6, 6.07) is 6.44. The fraction of sp³-hybridized carbons (Fsp3) is 0.231. The zero-order valence-electron chi connectivity index (χ0n) is 9.71. The highest BCUT2D eigenvalue weighted by Crippen LogP contribution is 2.34. The molecule has 5 heteroatoms. The summed E-state index contributed by atoms with van der Waals surface area (Å²) in [6.07, 6.45) is 0.393. The van der Waals surface area contributed by atoms with Crippen LogP contribution in [0.3, 0.4) is 0 Å². The molecule has 0 saturated heterocycles. The van der Waals surface area contributed by atoms with Crippen molar-refractivity contribution in [3.8, 4) is 0 Å². The van der Waals surface area contributed by atoms with Crippen molar-refractivity contribution in [1.82, 2.24) is 0 Å². The Bertz CT molecular complexity index is 550. The minimum atomic E-state index is -0.303. The Balaban J connectivity index is 2.26. The highest BCUT2D eigenvalue weighted by atomic mass is 79.9. The van der Waals surface area contributed by atoms with Crippen molar-refractivity contribution in [2.24, 2.45) is 5.73 Å². The van der Waals surface area contributed by atoms with Crippen molar-refractivity contribution in [2.45, 2.75) is 19.4 Å². The molecule has 0 bridgehead atoms. The van der Waals surface area contributed by atoms with Gasteiger partial charge in [-0.2, -0.15) is 0 Å². The van der Waals surface area contributed by atoms with E-state index in [9.17, 15) is 4.39 Å². The van der Waals surface area contributed by atoms with Gasteiger partial charge in [0.1, 0.15) is 5.82 Å². The lowest BCUT2D eigenvalue weighted by Crippen LogP contribution is -2.13. The van der Waals surface area contributed by atoms with E-state index in [1.54, 1.807) is 23.5 Å². The maximum atomic E-state index is 13.7. The van der Waals surface area contributed by atoms with Gasteiger partial charge >= 0.3 is 0 Å². The number of aryl methyl sites for hydroxylation is 1. The van der Waals surface area contributed by atoms with Crippen molar-refractivity contribution in [2.75, 3.05) is 0 Å². The summed E-state index contributed by atoms with van der Waals surface area (Å²) in [5, 5.41) is 0.426. The first-order chi connectivity index (χ1) is 8.49. The van der Waals surface area contributed by atoms with Crippen molar-refractivity contribution >= 4 is 38.9 Å². The molecule has 1 atom stereocenters. The molecule has 0 spiro atoms. The lowest BCUT2D eigenvalue weighted by Gasteiger charge is -2.12. The number of rotatable bonds is 3. The lowest BCUT2D eigenvalue weighted by atomic mass is 10.0. The maximum absolute atomic E-state index is 13.7. The summed E-state index contributed by atoms with van der Waals surface area (Å²) >= 11 is 11.1. The SMILES string of the molecule is Cc1cc(Br)c(C(N)Cc2c(F)cccc2Cl)s1. The predicted molar refractivity (Wildman–Crippen MR) is 78.8 cm³/mol. The molecule has 2 rings (SSSR count). The molecule has 1 aromatic carbocycles. The molecule has 0 aliphatic heterocycles. The van der Waals surface area contributed by atoms with Gasteiger partial charge in [0, 0.05) is 30.9 Å². The van der Waals surface area contributed by atoms with E-state index in [0.717, 1.165) is 9.35 Å². The summed E-state index contributed by atoms with van der Waals surface area (Å²) in [5.74, 6) is -0.303. The second-order valence-electron chi connectivity index (χ2n) is 4.08. The number of hydrogen-bond acceptors (Lipinski definition) is 2. The first-order valence-electron chi connectivity index (χ1n) is 5.43. The fourth-order valence-corrected chi connectivity index (χ4v) is 3.98. The summed E-state index contributed by atoms with van der Waals surface area (Å²) in [6.45, 7) is 2.02. The average molecular weight is 349 g/mol. The topological polar surface area (TPSA) is 26.0 Å². The molecule has 96 valence electrons. The molecule has 0 aliphatic rings. The van der Waals surface area contributed by atoms with Crippen LogP contribution in [0.15, 0.2) is 28.7 Å². The normalized spacial score (nSPS) is 12.7. The first-order valence-corrected chi connectivity index (χ1v) is 7.42. The Morgan fingerprint density at radius 2 is 2.22 bits per heavy atom. The monoisotopic (exact) mass is 347 g/mol. The van der Waals surface area contributed by atoms with E-state index in [4.69, 9.17) is 17.3 Å². The number of nitrogens with two attached hydrogens (primary N) is 1. The second-order valence-corrected chi connectivity index (χ2v) is 6.63. The molecule has 0 saturated carbocycles. The minimum absolute atomic E-state index is 0.257. The lowest BCUT2D eigenvalue weighted by molar-refractivity contribution is 0.595. The van der Waals surface area contributed by atoms with Gasteiger partial charge in [0.2, 0.25) is 0 Å². The smallest absolute Gasteiger partial charge is 0.127 e. The molecule has 0 fully saturated rings. The minimum Gasteiger partial charge on any atom is -0.323 e. The summed E-state index contributed by atoms with van der Waals surface area (Å²) < 4.78 is 14.7. The van der Waals surface area contributed by atoms with E-state index in [-0.39, 0.29) is 11.9 Å². The van der Waals surface area contributed by atoms with Gasteiger partial charge < -0.3 is 5.73 Å². The molecule has 1 unspecified atom stereocenters. The van der Waals surface area contributed by atoms with E-state index >= 15 is 0 Å². The van der Waals surface area contributed by atoms with Crippen molar-refractivity contribution in [3.05, 3.63) is 54.9 Å². The second kappa shape index (κ2) is 5.70. The van der Waals surface area contributed by atoms with Gasteiger partial charge in [-0.25, -0.2) is 4.39 Å². The van der Waals surface area contributed by atoms with Crippen LogP contribution >= 0.6 is 38.9 Å². The van der Waals surface area contributed by atoms with Crippen molar-refractivity contribution in [3.63, 3.8) is 0 Å². The number of halogens is 3. The Morgan fingerprint density at radius 3 is 2.78 bits per heavy atom. The standard InChI is InChI=1S/C13H12BrClFNS/c1-7-5-9(14)13(18-7)12(17)6-8-10(15)3-2-4-11(8)16/h2-5,12H,6,17H2,1H3. The highest BCUT2D eigenvalue weighted by Gasteiger charge is 2.17. The van der Waals surface area contributed by atoms with Crippen molar-refractivity contribution in [1.29, 1.82) is 0 Å². The Hall–Kier alpha value is -0.420. The van der Waals surface area contributed by atoms with Crippen LogP contribution in [0.5, 0.6) is 0 Å². The van der Waals surface area contributed by atoms with Crippen LogP contribution < -0.4 is 5.73 Å². The zero-order valence-corrected chi connectivity index (χ0v) is 12.9. The van der Waals surface area contributed by atoms with Crippen LogP contribution in [0, 0.1) is 12.7 Å². The van der Waals surface area contributed by atoms with Crippen LogP contribution in [0.1, 0.15) is 21.4 Å². The van der Waals surface area contributed by atoms with Crippen LogP contribution in [-0.4, -0.2) is 0 Å². The number of hydrogen-bond donors (Lipinski definition) is 1. The van der Waals surface area contributed by atoms with E-state index in [1.165, 1.54) is 10.9 Å². The molecule has 1 aromatic heterocycles. The molecule has 1 nitrogen and oxygen atoms in total. The Kier molecular flexibility index (Phi) is 4.43. The Morgan fingerprint density at radius 1 is 1.50 bits per heavy atom. The molecular formula is C13H12BrClFNS. The summed E-state index contributed by atoms with van der Waals surface area (Å²) in [4.78, 5) is 2.19. The van der Waals surface area contributed by atoms with Crippen LogP contribution in [0.2, 0.25) is 5.02 Å². The van der Waals surface area contributed by atoms with Crippen molar-refractivity contribution < 1.29 is 4.39 Å². The van der Waals surface area contributed by atoms with Gasteiger partial charge in [-0.15, -0.1) is 11.3 Å².